The van der Waals surface area contributed by atoms with Crippen LogP contribution < -0.4 is 0 Å². The van der Waals surface area contributed by atoms with E-state index >= 15 is 0 Å². The number of hydrogen-bond acceptors (Lipinski definition) is 0. The van der Waals surface area contributed by atoms with Crippen molar-refractivity contribution in [3.63, 3.8) is 0 Å². The molecule has 0 saturated carbocycles. The third-order valence-corrected chi connectivity index (χ3v) is 0. The Morgan fingerprint density at radius 2 is 1.00 bits per heavy atom. The zero-order valence-corrected chi connectivity index (χ0v) is 7.84. The van der Waals surface area contributed by atoms with Crippen molar-refractivity contribution < 1.29 is 13.2 Å². The van der Waals surface area contributed by atoms with Crippen LogP contribution in [0.1, 0.15) is 0 Å². The first kappa shape index (κ1) is 9.18. The van der Waals surface area contributed by atoms with Gasteiger partial charge in [-0.3, -0.25) is 0 Å². The van der Waals surface area contributed by atoms with Crippen molar-refractivity contribution in [3.05, 3.63) is 6.68 Å². The second-order valence-electron chi connectivity index (χ2n) is 0.214. The third kappa shape index (κ3) is 73.7. The van der Waals surface area contributed by atoms with E-state index in [0.717, 1.165) is 0 Å². The number of rotatable bonds is 0. The van der Waals surface area contributed by atoms with Crippen LogP contribution in [0, 0.1) is 6.68 Å². The van der Waals surface area contributed by atoms with Gasteiger partial charge in [0.1, 0.15) is 0 Å². The first-order chi connectivity index (χ1) is 1.73. The van der Waals surface area contributed by atoms with Gasteiger partial charge in [0, 0.05) is 0 Å². The fraction of sp³-hybridized carbons (Fsp3) is 0. The Bertz CT molecular complexity index is 11.6. The standard InChI is InChI=1S/CF3.Bi.3H/c2-1(3)4;;;;. The molecule has 0 heterocycles. The Kier molecular flexibility index (Phi) is 8.58. The molecule has 0 aromatic carbocycles. The molecule has 0 saturated heterocycles. The van der Waals surface area contributed by atoms with Gasteiger partial charge in [-0.25, -0.2) is 0 Å². The van der Waals surface area contributed by atoms with Crippen LogP contribution in [0.2, 0.25) is 0 Å². The van der Waals surface area contributed by atoms with Crippen molar-refractivity contribution in [1.29, 1.82) is 0 Å². The molecule has 0 aromatic heterocycles. The summed E-state index contributed by atoms with van der Waals surface area (Å²) in [6.45, 7) is -3.08. The second-order valence-corrected chi connectivity index (χ2v) is 0.214. The van der Waals surface area contributed by atoms with Gasteiger partial charge in [0.15, 0.2) is 0 Å². The molecule has 0 spiro atoms. The average molecular weight is 281 g/mol. The van der Waals surface area contributed by atoms with Crippen LogP contribution in [0.5, 0.6) is 0 Å². The summed E-state index contributed by atoms with van der Waals surface area (Å²) in [5.41, 5.74) is 0. The molecule has 0 fully saturated rings. The Hall–Kier alpha value is 0.673. The van der Waals surface area contributed by atoms with Crippen molar-refractivity contribution in [2.45, 2.75) is 0 Å². The molecular weight excluding hydrogens is 278 g/mol. The SMILES string of the molecule is F[C](F)F.[BiH3]. The predicted octanol–water partition coefficient (Wildman–Crippen LogP) is 0.158. The molecular formula is CH3BiF3. The molecule has 0 rings (SSSR count). The maximum atomic E-state index is 9.58. The molecule has 1 radical (unpaired) electrons. The van der Waals surface area contributed by atoms with Gasteiger partial charge >= 0.3 is 32.9 Å². The molecule has 0 nitrogen and oxygen atoms in total. The van der Waals surface area contributed by atoms with E-state index in [1.165, 1.54) is 0 Å². The summed E-state index contributed by atoms with van der Waals surface area (Å²) in [4.78, 5) is 0. The second kappa shape index (κ2) is 4.67. The Morgan fingerprint density at radius 3 is 1.00 bits per heavy atom. The van der Waals surface area contributed by atoms with Gasteiger partial charge in [-0.15, -0.1) is 0 Å². The predicted molar refractivity (Wildman–Crippen MR) is 16.5 cm³/mol. The zero-order valence-electron chi connectivity index (χ0n) is 2.34. The number of halogens is 3. The third-order valence-electron chi connectivity index (χ3n) is 0. The minimum absolute atomic E-state index is 0. The van der Waals surface area contributed by atoms with Crippen molar-refractivity contribution in [3.8, 4) is 0 Å². The first-order valence-electron chi connectivity index (χ1n) is 0.567. The van der Waals surface area contributed by atoms with Crippen molar-refractivity contribution >= 4 is 26.2 Å². The van der Waals surface area contributed by atoms with E-state index in [-0.39, 0.29) is 26.2 Å². The van der Waals surface area contributed by atoms with E-state index < -0.39 is 6.68 Å². The fourth-order valence-corrected chi connectivity index (χ4v) is 0. The van der Waals surface area contributed by atoms with Gasteiger partial charge < -0.3 is 0 Å². The summed E-state index contributed by atoms with van der Waals surface area (Å²) >= 11 is 0. The molecule has 4 heteroatoms. The van der Waals surface area contributed by atoms with Crippen molar-refractivity contribution in [1.82, 2.24) is 0 Å². The molecule has 33 valence electrons. The molecule has 5 heavy (non-hydrogen) atoms. The van der Waals surface area contributed by atoms with Gasteiger partial charge in [-0.2, -0.15) is 13.2 Å². The molecule has 0 aliphatic carbocycles. The summed E-state index contributed by atoms with van der Waals surface area (Å²) < 4.78 is 28.8. The van der Waals surface area contributed by atoms with Gasteiger partial charge in [-0.1, -0.05) is 0 Å². The van der Waals surface area contributed by atoms with Crippen LogP contribution in [0.25, 0.3) is 0 Å². The molecule has 0 aliphatic rings. The summed E-state index contributed by atoms with van der Waals surface area (Å²) in [7, 11) is 0. The quantitative estimate of drug-likeness (QED) is 0.555. The van der Waals surface area contributed by atoms with E-state index in [1.54, 1.807) is 0 Å². The van der Waals surface area contributed by atoms with E-state index in [9.17, 15) is 13.2 Å². The maximum absolute atomic E-state index is 9.58. The zero-order chi connectivity index (χ0) is 3.58. The van der Waals surface area contributed by atoms with Crippen molar-refractivity contribution in [2.75, 3.05) is 0 Å². The first-order valence-corrected chi connectivity index (χ1v) is 0.567. The van der Waals surface area contributed by atoms with Gasteiger partial charge in [-0.05, 0) is 0 Å². The van der Waals surface area contributed by atoms with Gasteiger partial charge in [0.05, 0.1) is 0 Å². The Labute approximate surface area is 46.5 Å². The van der Waals surface area contributed by atoms with E-state index in [2.05, 4.69) is 0 Å². The molecule has 0 atom stereocenters. The molecule has 0 unspecified atom stereocenters. The van der Waals surface area contributed by atoms with Crippen LogP contribution in [0.15, 0.2) is 0 Å². The average Bonchev–Trinajstić information content (AvgIpc) is 0.811. The van der Waals surface area contributed by atoms with E-state index in [1.807, 2.05) is 0 Å². The Balaban J connectivity index is 0. The Morgan fingerprint density at radius 1 is 1.00 bits per heavy atom. The summed E-state index contributed by atoms with van der Waals surface area (Å²) in [6.07, 6.45) is 0. The summed E-state index contributed by atoms with van der Waals surface area (Å²) in [5.74, 6) is 0. The van der Waals surface area contributed by atoms with Crippen LogP contribution >= 0.6 is 0 Å². The molecule has 0 amide bonds. The monoisotopic (exact) mass is 281 g/mol. The summed E-state index contributed by atoms with van der Waals surface area (Å²) in [6, 6.07) is 0. The normalized spacial score (nSPS) is 7.20. The molecule has 0 aromatic rings. The molecule has 0 bridgehead atoms. The van der Waals surface area contributed by atoms with Crippen LogP contribution in [-0.4, -0.2) is 26.2 Å². The van der Waals surface area contributed by atoms with Crippen molar-refractivity contribution in [2.24, 2.45) is 0 Å². The van der Waals surface area contributed by atoms with Gasteiger partial charge in [0.2, 0.25) is 0 Å². The summed E-state index contributed by atoms with van der Waals surface area (Å²) in [5, 5.41) is 0. The van der Waals surface area contributed by atoms with Gasteiger partial charge in [0.25, 0.3) is 0 Å². The minimum atomic E-state index is -3.08. The van der Waals surface area contributed by atoms with Crippen LogP contribution in [-0.2, 0) is 0 Å². The molecule has 0 N–H and O–H groups in total. The topological polar surface area (TPSA) is 0 Å². The molecule has 0 aliphatic heterocycles. The van der Waals surface area contributed by atoms with Crippen LogP contribution in [0.4, 0.5) is 13.2 Å². The van der Waals surface area contributed by atoms with E-state index in [4.69, 9.17) is 0 Å². The fourth-order valence-electron chi connectivity index (χ4n) is 0. The van der Waals surface area contributed by atoms with E-state index in [0.29, 0.717) is 0 Å². The number of hydrogen-bond donors (Lipinski definition) is 0. The van der Waals surface area contributed by atoms with Crippen LogP contribution in [0.3, 0.4) is 0 Å².